The van der Waals surface area contributed by atoms with Gasteiger partial charge < -0.3 is 5.11 Å². The van der Waals surface area contributed by atoms with Gasteiger partial charge in [-0.05, 0) is 25.5 Å². The average molecular weight is 272 g/mol. The summed E-state index contributed by atoms with van der Waals surface area (Å²) in [6.45, 7) is 3.33. The number of hydrogen-bond acceptors (Lipinski definition) is 4. The van der Waals surface area contributed by atoms with Crippen molar-refractivity contribution in [3.63, 3.8) is 0 Å². The summed E-state index contributed by atoms with van der Waals surface area (Å²) in [7, 11) is 0. The number of carbonyl (C=O) groups is 1. The number of hydrogen-bond donors (Lipinski definition) is 1. The molecule has 0 bridgehead atoms. The molecular formula is C14H12N2O4. The lowest BCUT2D eigenvalue weighted by Gasteiger charge is -2.09. The Bertz CT molecular complexity index is 710. The van der Waals surface area contributed by atoms with Gasteiger partial charge in [-0.1, -0.05) is 12.1 Å². The van der Waals surface area contributed by atoms with Crippen LogP contribution < -0.4 is 0 Å². The van der Waals surface area contributed by atoms with Crippen LogP contribution >= 0.6 is 0 Å². The number of non-ortho nitro benzene ring substituents is 1. The topological polar surface area (TPSA) is 93.3 Å². The lowest BCUT2D eigenvalue weighted by atomic mass is 10.0. The van der Waals surface area contributed by atoms with Gasteiger partial charge in [-0.2, -0.15) is 0 Å². The van der Waals surface area contributed by atoms with Crippen LogP contribution in [0.1, 0.15) is 21.6 Å². The van der Waals surface area contributed by atoms with Crippen LogP contribution in [-0.4, -0.2) is 21.0 Å². The van der Waals surface area contributed by atoms with Gasteiger partial charge in [0.25, 0.3) is 5.69 Å². The van der Waals surface area contributed by atoms with E-state index in [0.717, 1.165) is 0 Å². The van der Waals surface area contributed by atoms with Crippen molar-refractivity contribution in [1.82, 2.24) is 4.98 Å². The third-order valence-corrected chi connectivity index (χ3v) is 2.96. The second-order valence-electron chi connectivity index (χ2n) is 4.40. The van der Waals surface area contributed by atoms with Crippen molar-refractivity contribution in [2.24, 2.45) is 0 Å². The standard InChI is InChI=1S/C14H12N2O4/c1-8-6-12(14(17)18)9(2)15-13(8)10-4-3-5-11(7-10)16(19)20/h3-7H,1-2H3,(H,17,18). The van der Waals surface area contributed by atoms with Crippen molar-refractivity contribution in [3.8, 4) is 11.3 Å². The summed E-state index contributed by atoms with van der Waals surface area (Å²) in [5, 5.41) is 19.8. The summed E-state index contributed by atoms with van der Waals surface area (Å²) in [6, 6.07) is 7.64. The summed E-state index contributed by atoms with van der Waals surface area (Å²) >= 11 is 0. The van der Waals surface area contributed by atoms with Crippen LogP contribution in [0.25, 0.3) is 11.3 Å². The van der Waals surface area contributed by atoms with E-state index in [1.807, 2.05) is 0 Å². The number of aryl methyl sites for hydroxylation is 2. The van der Waals surface area contributed by atoms with Crippen LogP contribution in [0, 0.1) is 24.0 Å². The van der Waals surface area contributed by atoms with Crippen LogP contribution in [0.2, 0.25) is 0 Å². The Morgan fingerprint density at radius 1 is 1.30 bits per heavy atom. The van der Waals surface area contributed by atoms with Gasteiger partial charge in [-0.25, -0.2) is 4.79 Å². The van der Waals surface area contributed by atoms with E-state index in [0.29, 0.717) is 22.5 Å². The Labute approximate surface area is 114 Å². The van der Waals surface area contributed by atoms with Crippen LogP contribution in [0.4, 0.5) is 5.69 Å². The molecule has 0 saturated carbocycles. The molecular weight excluding hydrogens is 260 g/mol. The molecule has 20 heavy (non-hydrogen) atoms. The summed E-state index contributed by atoms with van der Waals surface area (Å²) in [4.78, 5) is 25.6. The molecule has 0 aliphatic rings. The Kier molecular flexibility index (Phi) is 3.47. The molecule has 0 fully saturated rings. The zero-order chi connectivity index (χ0) is 14.9. The molecule has 0 atom stereocenters. The van der Waals surface area contributed by atoms with E-state index < -0.39 is 10.9 Å². The van der Waals surface area contributed by atoms with Crippen molar-refractivity contribution < 1.29 is 14.8 Å². The molecule has 0 unspecified atom stereocenters. The minimum atomic E-state index is -1.04. The third-order valence-electron chi connectivity index (χ3n) is 2.96. The molecule has 0 aliphatic carbocycles. The predicted octanol–water partition coefficient (Wildman–Crippen LogP) is 2.97. The fourth-order valence-electron chi connectivity index (χ4n) is 1.98. The smallest absolute Gasteiger partial charge is 0.337 e. The van der Waals surface area contributed by atoms with E-state index in [2.05, 4.69) is 4.98 Å². The Morgan fingerprint density at radius 2 is 2.00 bits per heavy atom. The molecule has 1 N–H and O–H groups in total. The van der Waals surface area contributed by atoms with Crippen molar-refractivity contribution in [2.75, 3.05) is 0 Å². The number of pyridine rings is 1. The maximum absolute atomic E-state index is 11.0. The second kappa shape index (κ2) is 5.08. The molecule has 2 rings (SSSR count). The average Bonchev–Trinajstić information content (AvgIpc) is 2.40. The van der Waals surface area contributed by atoms with E-state index in [1.165, 1.54) is 18.2 Å². The van der Waals surface area contributed by atoms with E-state index in [9.17, 15) is 14.9 Å². The van der Waals surface area contributed by atoms with Gasteiger partial charge in [0.05, 0.1) is 21.9 Å². The van der Waals surface area contributed by atoms with E-state index >= 15 is 0 Å². The molecule has 102 valence electrons. The quantitative estimate of drug-likeness (QED) is 0.684. The number of benzene rings is 1. The highest BCUT2D eigenvalue weighted by atomic mass is 16.6. The molecule has 6 nitrogen and oxygen atoms in total. The summed E-state index contributed by atoms with van der Waals surface area (Å²) in [5.41, 5.74) is 2.30. The van der Waals surface area contributed by atoms with Crippen molar-refractivity contribution >= 4 is 11.7 Å². The number of nitrogens with zero attached hydrogens (tertiary/aromatic N) is 2. The van der Waals surface area contributed by atoms with Crippen molar-refractivity contribution in [2.45, 2.75) is 13.8 Å². The second-order valence-corrected chi connectivity index (χ2v) is 4.40. The largest absolute Gasteiger partial charge is 0.478 e. The lowest BCUT2D eigenvalue weighted by Crippen LogP contribution is -2.04. The van der Waals surface area contributed by atoms with Crippen molar-refractivity contribution in [1.29, 1.82) is 0 Å². The lowest BCUT2D eigenvalue weighted by molar-refractivity contribution is -0.384. The molecule has 0 saturated heterocycles. The maximum atomic E-state index is 11.0. The number of nitro benzene ring substituents is 1. The highest BCUT2D eigenvalue weighted by Gasteiger charge is 2.14. The number of rotatable bonds is 3. The normalized spacial score (nSPS) is 10.3. The molecule has 0 aliphatic heterocycles. The SMILES string of the molecule is Cc1cc(C(=O)O)c(C)nc1-c1cccc([N+](=O)[O-])c1. The molecule has 2 aromatic rings. The first-order valence-corrected chi connectivity index (χ1v) is 5.86. The van der Waals surface area contributed by atoms with Gasteiger partial charge in [0.15, 0.2) is 0 Å². The Balaban J connectivity index is 2.59. The predicted molar refractivity (Wildman–Crippen MR) is 72.8 cm³/mol. The first-order valence-electron chi connectivity index (χ1n) is 5.86. The van der Waals surface area contributed by atoms with Gasteiger partial charge in [-0.15, -0.1) is 0 Å². The molecule has 0 spiro atoms. The number of nitro groups is 1. The Morgan fingerprint density at radius 3 is 2.60 bits per heavy atom. The first kappa shape index (κ1) is 13.7. The number of carboxylic acids is 1. The van der Waals surface area contributed by atoms with Crippen LogP contribution in [0.3, 0.4) is 0 Å². The van der Waals surface area contributed by atoms with Crippen LogP contribution in [0.15, 0.2) is 30.3 Å². The molecule has 1 aromatic heterocycles. The zero-order valence-electron chi connectivity index (χ0n) is 11.0. The highest BCUT2D eigenvalue weighted by Crippen LogP contribution is 2.26. The molecule has 6 heteroatoms. The van der Waals surface area contributed by atoms with Crippen LogP contribution in [0.5, 0.6) is 0 Å². The van der Waals surface area contributed by atoms with Gasteiger partial charge in [0, 0.05) is 17.7 Å². The number of aromatic nitrogens is 1. The van der Waals surface area contributed by atoms with Gasteiger partial charge in [0.1, 0.15) is 0 Å². The van der Waals surface area contributed by atoms with Gasteiger partial charge in [0.2, 0.25) is 0 Å². The molecule has 0 amide bonds. The highest BCUT2D eigenvalue weighted by molar-refractivity contribution is 5.89. The molecule has 0 radical (unpaired) electrons. The first-order chi connectivity index (χ1) is 9.40. The third kappa shape index (κ3) is 2.49. The maximum Gasteiger partial charge on any atom is 0.337 e. The number of carboxylic acid groups (broad SMARTS) is 1. The van der Waals surface area contributed by atoms with Crippen molar-refractivity contribution in [3.05, 3.63) is 57.3 Å². The van der Waals surface area contributed by atoms with E-state index in [4.69, 9.17) is 5.11 Å². The summed E-state index contributed by atoms with van der Waals surface area (Å²) in [5.74, 6) is -1.04. The summed E-state index contributed by atoms with van der Waals surface area (Å²) < 4.78 is 0. The fourth-order valence-corrected chi connectivity index (χ4v) is 1.98. The zero-order valence-corrected chi connectivity index (χ0v) is 11.0. The molecule has 1 heterocycles. The minimum Gasteiger partial charge on any atom is -0.478 e. The Hall–Kier alpha value is -2.76. The minimum absolute atomic E-state index is 0.0244. The van der Waals surface area contributed by atoms with Gasteiger partial charge >= 0.3 is 5.97 Å². The van der Waals surface area contributed by atoms with E-state index in [-0.39, 0.29) is 11.3 Å². The molecule has 1 aromatic carbocycles. The number of aromatic carboxylic acids is 1. The van der Waals surface area contributed by atoms with Crippen LogP contribution in [-0.2, 0) is 0 Å². The van der Waals surface area contributed by atoms with Gasteiger partial charge in [-0.3, -0.25) is 15.1 Å². The summed E-state index contributed by atoms with van der Waals surface area (Å²) in [6.07, 6.45) is 0. The monoisotopic (exact) mass is 272 g/mol. The fraction of sp³-hybridized carbons (Fsp3) is 0.143. The van der Waals surface area contributed by atoms with E-state index in [1.54, 1.807) is 26.0 Å².